The van der Waals surface area contributed by atoms with Crippen LogP contribution in [0.1, 0.15) is 16.9 Å². The Labute approximate surface area is 167 Å². The Balaban J connectivity index is 1.66. The second kappa shape index (κ2) is 8.19. The van der Waals surface area contributed by atoms with Gasteiger partial charge in [-0.15, -0.1) is 0 Å². The minimum absolute atomic E-state index is 0.330. The number of halogens is 1. The number of nitrogens with zero attached hydrogens (tertiary/aromatic N) is 1. The van der Waals surface area contributed by atoms with Crippen molar-refractivity contribution in [3.63, 3.8) is 0 Å². The third-order valence-corrected chi connectivity index (χ3v) is 4.57. The van der Waals surface area contributed by atoms with Gasteiger partial charge >= 0.3 is 0 Å². The summed E-state index contributed by atoms with van der Waals surface area (Å²) in [5.74, 6) is 1.41. The van der Waals surface area contributed by atoms with E-state index in [0.717, 1.165) is 27.8 Å². The molecule has 4 aromatic rings. The minimum atomic E-state index is 0.330. The van der Waals surface area contributed by atoms with Crippen molar-refractivity contribution >= 4 is 28.3 Å². The van der Waals surface area contributed by atoms with Gasteiger partial charge in [0.15, 0.2) is 11.5 Å². The van der Waals surface area contributed by atoms with E-state index in [4.69, 9.17) is 25.6 Å². The number of hydrogen-bond donors (Lipinski definition) is 0. The van der Waals surface area contributed by atoms with E-state index in [1.54, 1.807) is 7.11 Å². The number of rotatable bonds is 6. The summed E-state index contributed by atoms with van der Waals surface area (Å²) in [5.41, 5.74) is 3.27. The van der Waals surface area contributed by atoms with Gasteiger partial charge in [-0.2, -0.15) is 0 Å². The van der Waals surface area contributed by atoms with E-state index in [1.807, 2.05) is 78.9 Å². The zero-order valence-electron chi connectivity index (χ0n) is 15.3. The summed E-state index contributed by atoms with van der Waals surface area (Å²) >= 11 is 5.93. The lowest BCUT2D eigenvalue weighted by molar-refractivity contribution is 0.130. The van der Waals surface area contributed by atoms with Gasteiger partial charge in [-0.3, -0.25) is 0 Å². The molecule has 0 spiro atoms. The van der Waals surface area contributed by atoms with Gasteiger partial charge in [0.05, 0.1) is 7.11 Å². The molecule has 0 atom stereocenters. The summed E-state index contributed by atoms with van der Waals surface area (Å²) < 4.78 is 11.2. The average Bonchev–Trinajstić information content (AvgIpc) is 3.16. The molecule has 0 aliphatic rings. The van der Waals surface area contributed by atoms with E-state index in [9.17, 15) is 0 Å². The highest BCUT2D eigenvalue weighted by atomic mass is 35.5. The van der Waals surface area contributed by atoms with Crippen LogP contribution in [0.3, 0.4) is 0 Å². The molecule has 0 amide bonds. The van der Waals surface area contributed by atoms with Gasteiger partial charge in [0.1, 0.15) is 17.9 Å². The van der Waals surface area contributed by atoms with Crippen molar-refractivity contribution in [2.75, 3.05) is 7.11 Å². The van der Waals surface area contributed by atoms with E-state index in [1.165, 1.54) is 0 Å². The van der Waals surface area contributed by atoms with Crippen LogP contribution in [-0.2, 0) is 11.4 Å². The fraction of sp³-hybridized carbons (Fsp3) is 0.0870. The largest absolute Gasteiger partial charge is 0.497 e. The quantitative estimate of drug-likeness (QED) is 0.296. The minimum Gasteiger partial charge on any atom is -0.497 e. The molecule has 4 rings (SSSR count). The second-order valence-corrected chi connectivity index (χ2v) is 6.65. The van der Waals surface area contributed by atoms with Crippen molar-refractivity contribution in [2.45, 2.75) is 6.61 Å². The Kier molecular flexibility index (Phi) is 5.31. The molecule has 1 heterocycles. The Bertz CT molecular complexity index is 1070. The normalized spacial score (nSPS) is 11.6. The molecule has 0 radical (unpaired) electrons. The summed E-state index contributed by atoms with van der Waals surface area (Å²) in [6, 6.07) is 24.9. The molecule has 0 N–H and O–H groups in total. The topological polar surface area (TPSA) is 44.0 Å². The van der Waals surface area contributed by atoms with Crippen molar-refractivity contribution in [2.24, 2.45) is 5.16 Å². The first kappa shape index (κ1) is 18.1. The molecule has 0 bridgehead atoms. The third-order valence-electron chi connectivity index (χ3n) is 4.32. The fourth-order valence-corrected chi connectivity index (χ4v) is 2.97. The summed E-state index contributed by atoms with van der Waals surface area (Å²) in [6.45, 7) is 0.330. The van der Waals surface area contributed by atoms with Gasteiger partial charge in [-0.25, -0.2) is 0 Å². The monoisotopic (exact) mass is 391 g/mol. The lowest BCUT2D eigenvalue weighted by atomic mass is 10.1. The molecule has 0 fully saturated rings. The van der Waals surface area contributed by atoms with Crippen LogP contribution in [0.15, 0.2) is 88.4 Å². The van der Waals surface area contributed by atoms with Gasteiger partial charge in [0, 0.05) is 16.0 Å². The lowest BCUT2D eigenvalue weighted by Crippen LogP contribution is -2.03. The van der Waals surface area contributed by atoms with Crippen molar-refractivity contribution in [3.05, 3.63) is 101 Å². The number of furan rings is 1. The Morgan fingerprint density at radius 2 is 1.71 bits per heavy atom. The zero-order valence-corrected chi connectivity index (χ0v) is 16.0. The summed E-state index contributed by atoms with van der Waals surface area (Å²) in [7, 11) is 1.64. The predicted molar refractivity (Wildman–Crippen MR) is 111 cm³/mol. The first-order chi connectivity index (χ1) is 13.7. The summed E-state index contributed by atoms with van der Waals surface area (Å²) in [5, 5.41) is 6.08. The van der Waals surface area contributed by atoms with Gasteiger partial charge in [0.25, 0.3) is 0 Å². The Morgan fingerprint density at radius 3 is 2.43 bits per heavy atom. The predicted octanol–water partition coefficient (Wildman–Crippen LogP) is 6.06. The number of methoxy groups -OCH3 is 1. The molecule has 1 aromatic heterocycles. The first-order valence-electron chi connectivity index (χ1n) is 8.81. The smallest absolute Gasteiger partial charge is 0.157 e. The number of para-hydroxylation sites is 1. The molecule has 28 heavy (non-hydrogen) atoms. The Hall–Kier alpha value is -3.24. The number of benzene rings is 3. The molecule has 0 unspecified atom stereocenters. The number of ether oxygens (including phenoxy) is 1. The van der Waals surface area contributed by atoms with Crippen molar-refractivity contribution < 1.29 is 14.0 Å². The van der Waals surface area contributed by atoms with Crippen molar-refractivity contribution in [1.29, 1.82) is 0 Å². The second-order valence-electron chi connectivity index (χ2n) is 6.22. The maximum atomic E-state index is 6.00. The first-order valence-corrected chi connectivity index (χ1v) is 9.18. The van der Waals surface area contributed by atoms with E-state index in [2.05, 4.69) is 5.16 Å². The van der Waals surface area contributed by atoms with E-state index in [-0.39, 0.29) is 0 Å². The molecule has 0 saturated carbocycles. The number of fused-ring (bicyclic) bond motifs is 1. The van der Waals surface area contributed by atoms with Crippen LogP contribution in [0.2, 0.25) is 5.02 Å². The lowest BCUT2D eigenvalue weighted by Gasteiger charge is -2.06. The van der Waals surface area contributed by atoms with Crippen molar-refractivity contribution in [3.8, 4) is 5.75 Å². The number of hydrogen-bond acceptors (Lipinski definition) is 4. The standard InChI is InChI=1S/C23H18ClNO3/c1-26-20-12-8-17(9-13-20)23(22-14-18-4-2-3-5-21(18)28-22)25-27-15-16-6-10-19(24)11-7-16/h2-14H,15H2,1H3/b25-23+. The molecule has 5 heteroatoms. The highest BCUT2D eigenvalue weighted by Gasteiger charge is 2.14. The van der Waals surface area contributed by atoms with E-state index in [0.29, 0.717) is 23.1 Å². The Morgan fingerprint density at radius 1 is 0.964 bits per heavy atom. The van der Waals surface area contributed by atoms with E-state index >= 15 is 0 Å². The molecule has 140 valence electrons. The summed E-state index contributed by atoms with van der Waals surface area (Å²) in [6.07, 6.45) is 0. The van der Waals surface area contributed by atoms with Gasteiger partial charge in [-0.1, -0.05) is 47.1 Å². The van der Waals surface area contributed by atoms with Crippen molar-refractivity contribution in [1.82, 2.24) is 0 Å². The van der Waals surface area contributed by atoms with Crippen LogP contribution in [0.4, 0.5) is 0 Å². The number of oxime groups is 1. The van der Waals surface area contributed by atoms with Crippen LogP contribution in [-0.4, -0.2) is 12.8 Å². The van der Waals surface area contributed by atoms with Gasteiger partial charge in [-0.05, 0) is 54.1 Å². The third kappa shape index (κ3) is 4.02. The highest BCUT2D eigenvalue weighted by molar-refractivity contribution is 6.30. The SMILES string of the molecule is COc1ccc(/C(=N\OCc2ccc(Cl)cc2)c2cc3ccccc3o2)cc1. The van der Waals surface area contributed by atoms with Crippen LogP contribution in [0, 0.1) is 0 Å². The van der Waals surface area contributed by atoms with E-state index < -0.39 is 0 Å². The average molecular weight is 392 g/mol. The van der Waals surface area contributed by atoms with Crippen LogP contribution in [0.25, 0.3) is 11.0 Å². The molecular formula is C23H18ClNO3. The maximum Gasteiger partial charge on any atom is 0.157 e. The van der Waals surface area contributed by atoms with Crippen LogP contribution < -0.4 is 4.74 Å². The van der Waals surface area contributed by atoms with Crippen LogP contribution >= 0.6 is 11.6 Å². The maximum absolute atomic E-state index is 6.00. The molecule has 3 aromatic carbocycles. The highest BCUT2D eigenvalue weighted by Crippen LogP contribution is 2.23. The summed E-state index contributed by atoms with van der Waals surface area (Å²) in [4.78, 5) is 5.64. The molecule has 4 nitrogen and oxygen atoms in total. The van der Waals surface area contributed by atoms with Crippen LogP contribution in [0.5, 0.6) is 5.75 Å². The van der Waals surface area contributed by atoms with Gasteiger partial charge in [0.2, 0.25) is 0 Å². The molecule has 0 aliphatic carbocycles. The zero-order chi connectivity index (χ0) is 19.3. The molecule has 0 saturated heterocycles. The molecule has 0 aliphatic heterocycles. The van der Waals surface area contributed by atoms with Gasteiger partial charge < -0.3 is 14.0 Å². The molecular weight excluding hydrogens is 374 g/mol. The fourth-order valence-electron chi connectivity index (χ4n) is 2.84.